The van der Waals surface area contributed by atoms with Crippen LogP contribution in [0.2, 0.25) is 5.02 Å². The van der Waals surface area contributed by atoms with Crippen molar-refractivity contribution in [3.63, 3.8) is 0 Å². The molecule has 0 aliphatic carbocycles. The van der Waals surface area contributed by atoms with Crippen LogP contribution in [-0.2, 0) is 24.8 Å². The van der Waals surface area contributed by atoms with Crippen LogP contribution in [0.5, 0.6) is 0 Å². The number of halogens is 4. The molecule has 0 saturated carbocycles. The molecule has 0 spiro atoms. The molecule has 0 bridgehead atoms. The summed E-state index contributed by atoms with van der Waals surface area (Å²) in [4.78, 5) is 27.7. The van der Waals surface area contributed by atoms with Gasteiger partial charge in [-0.1, -0.05) is 11.6 Å². The number of hydrogen-bond acceptors (Lipinski definition) is 5. The molecule has 33 heavy (non-hydrogen) atoms. The van der Waals surface area contributed by atoms with Gasteiger partial charge in [-0.15, -0.1) is 0 Å². The lowest BCUT2D eigenvalue weighted by Crippen LogP contribution is -2.25. The highest BCUT2D eigenvalue weighted by Crippen LogP contribution is 2.29. The highest BCUT2D eigenvalue weighted by molar-refractivity contribution is 6.34. The Morgan fingerprint density at radius 3 is 2.55 bits per heavy atom. The topological polar surface area (TPSA) is 108 Å². The zero-order chi connectivity index (χ0) is 23.9. The van der Waals surface area contributed by atoms with E-state index < -0.39 is 35.3 Å². The van der Waals surface area contributed by atoms with E-state index in [9.17, 15) is 22.8 Å². The number of aromatic nitrogens is 4. The van der Waals surface area contributed by atoms with Gasteiger partial charge in [0.1, 0.15) is 5.82 Å². The van der Waals surface area contributed by atoms with Crippen molar-refractivity contribution in [2.45, 2.75) is 13.0 Å². The van der Waals surface area contributed by atoms with Gasteiger partial charge in [0.25, 0.3) is 5.56 Å². The average molecular weight is 477 g/mol. The Morgan fingerprint density at radius 1 is 1.09 bits per heavy atom. The number of carbonyl (C=O) groups excluding carboxylic acids is 1. The van der Waals surface area contributed by atoms with Crippen LogP contribution in [0, 0.1) is 17.5 Å². The van der Waals surface area contributed by atoms with E-state index in [1.165, 1.54) is 10.8 Å². The first-order valence-corrected chi connectivity index (χ1v) is 9.90. The minimum atomic E-state index is -1.33. The smallest absolute Gasteiger partial charge is 0.278 e. The van der Waals surface area contributed by atoms with Gasteiger partial charge in [0, 0.05) is 42.0 Å². The predicted octanol–water partition coefficient (Wildman–Crippen LogP) is 3.02. The van der Waals surface area contributed by atoms with E-state index in [0.717, 1.165) is 5.39 Å². The van der Waals surface area contributed by atoms with Gasteiger partial charge in [-0.05, 0) is 18.2 Å². The molecule has 2 heterocycles. The van der Waals surface area contributed by atoms with E-state index in [1.807, 2.05) is 0 Å². The van der Waals surface area contributed by atoms with Crippen LogP contribution in [0.15, 0.2) is 41.5 Å². The number of hydrogen-bond donors (Lipinski definition) is 2. The summed E-state index contributed by atoms with van der Waals surface area (Å²) in [5.41, 5.74) is 5.19. The standard InChI is InChI=1S/C21H16ClF3N6O2/c1-30-7-11-3-18(13(22)5-17(11)29-30)27-21-28-20(33)12(4-19(26)32)9-31(21)8-10-2-15(24)16(25)6-14(10)23/h2-3,5-7,9H,4,8H2,1H3,(H2,26,32)(H,27,28,33). The first-order chi connectivity index (χ1) is 15.6. The highest BCUT2D eigenvalue weighted by Gasteiger charge is 2.16. The van der Waals surface area contributed by atoms with Gasteiger partial charge in [-0.3, -0.25) is 14.3 Å². The molecular weight excluding hydrogens is 461 g/mol. The van der Waals surface area contributed by atoms with Crippen molar-refractivity contribution >= 4 is 40.0 Å². The molecule has 1 amide bonds. The molecular formula is C21H16ClF3N6O2. The van der Waals surface area contributed by atoms with Crippen molar-refractivity contribution in [3.05, 3.63) is 80.6 Å². The molecule has 0 radical (unpaired) electrons. The molecule has 0 atom stereocenters. The van der Waals surface area contributed by atoms with E-state index >= 15 is 0 Å². The van der Waals surface area contributed by atoms with Gasteiger partial charge in [-0.25, -0.2) is 13.2 Å². The summed E-state index contributed by atoms with van der Waals surface area (Å²) in [5, 5.41) is 8.17. The third-order valence-corrected chi connectivity index (χ3v) is 5.13. The van der Waals surface area contributed by atoms with Crippen LogP contribution in [0.25, 0.3) is 10.9 Å². The molecule has 0 saturated heterocycles. The number of aryl methyl sites for hydroxylation is 1. The van der Waals surface area contributed by atoms with Crippen LogP contribution < -0.4 is 16.6 Å². The molecule has 2 aromatic carbocycles. The van der Waals surface area contributed by atoms with Crippen molar-refractivity contribution < 1.29 is 18.0 Å². The summed E-state index contributed by atoms with van der Waals surface area (Å²) < 4.78 is 44.2. The van der Waals surface area contributed by atoms with E-state index in [4.69, 9.17) is 17.3 Å². The molecule has 0 aliphatic rings. The van der Waals surface area contributed by atoms with E-state index in [2.05, 4.69) is 15.4 Å². The number of rotatable bonds is 6. The van der Waals surface area contributed by atoms with Crippen LogP contribution >= 0.6 is 11.6 Å². The second-order valence-electron chi connectivity index (χ2n) is 7.34. The SMILES string of the molecule is Cn1cc2cc(Nc3nc(=O)c(CC(N)=O)cn3Cc3cc(F)c(F)cc3F)c(Cl)cc2n1. The van der Waals surface area contributed by atoms with Gasteiger partial charge in [0.15, 0.2) is 11.6 Å². The molecule has 0 unspecified atom stereocenters. The lowest BCUT2D eigenvalue weighted by molar-refractivity contribution is -0.117. The number of fused-ring (bicyclic) bond motifs is 1. The van der Waals surface area contributed by atoms with E-state index in [0.29, 0.717) is 23.3 Å². The number of anilines is 2. The first kappa shape index (κ1) is 22.3. The fourth-order valence-electron chi connectivity index (χ4n) is 3.32. The molecule has 4 aromatic rings. The van der Waals surface area contributed by atoms with Crippen molar-refractivity contribution in [1.82, 2.24) is 19.3 Å². The summed E-state index contributed by atoms with van der Waals surface area (Å²) in [5.74, 6) is -4.41. The Kier molecular flexibility index (Phi) is 5.81. The zero-order valence-corrected chi connectivity index (χ0v) is 17.8. The Bertz CT molecular complexity index is 1470. The molecule has 0 aliphatic heterocycles. The third kappa shape index (κ3) is 4.67. The molecule has 3 N–H and O–H groups in total. The van der Waals surface area contributed by atoms with Crippen LogP contribution in [0.4, 0.5) is 24.8 Å². The van der Waals surface area contributed by atoms with Gasteiger partial charge in [0.05, 0.1) is 29.2 Å². The Morgan fingerprint density at radius 2 is 1.82 bits per heavy atom. The number of nitrogens with zero attached hydrogens (tertiary/aromatic N) is 4. The van der Waals surface area contributed by atoms with Crippen molar-refractivity contribution in [2.24, 2.45) is 12.8 Å². The molecule has 170 valence electrons. The fraction of sp³-hybridized carbons (Fsp3) is 0.143. The molecule has 0 fully saturated rings. The molecule has 2 aromatic heterocycles. The van der Waals surface area contributed by atoms with Crippen LogP contribution in [0.1, 0.15) is 11.1 Å². The maximum atomic E-state index is 14.3. The number of primary amides is 1. The van der Waals surface area contributed by atoms with Crippen molar-refractivity contribution in [3.8, 4) is 0 Å². The number of carbonyl (C=O) groups is 1. The maximum Gasteiger partial charge on any atom is 0.278 e. The van der Waals surface area contributed by atoms with Gasteiger partial charge < -0.3 is 15.6 Å². The number of nitrogens with one attached hydrogen (secondary N) is 1. The van der Waals surface area contributed by atoms with Crippen LogP contribution in [0.3, 0.4) is 0 Å². The summed E-state index contributed by atoms with van der Waals surface area (Å²) in [6.45, 7) is -0.336. The lowest BCUT2D eigenvalue weighted by atomic mass is 10.2. The minimum absolute atomic E-state index is 0.0511. The average Bonchev–Trinajstić information content (AvgIpc) is 3.07. The second-order valence-corrected chi connectivity index (χ2v) is 7.75. The van der Waals surface area contributed by atoms with Gasteiger partial charge >= 0.3 is 0 Å². The number of nitrogens with two attached hydrogens (primary N) is 1. The number of amides is 1. The fourth-order valence-corrected chi connectivity index (χ4v) is 3.53. The zero-order valence-electron chi connectivity index (χ0n) is 17.1. The highest BCUT2D eigenvalue weighted by atomic mass is 35.5. The molecule has 4 rings (SSSR count). The minimum Gasteiger partial charge on any atom is -0.369 e. The first-order valence-electron chi connectivity index (χ1n) is 9.52. The summed E-state index contributed by atoms with van der Waals surface area (Å²) in [6, 6.07) is 4.41. The Balaban J connectivity index is 1.81. The van der Waals surface area contributed by atoms with Gasteiger partial charge in [0.2, 0.25) is 11.9 Å². The number of benzene rings is 2. The van der Waals surface area contributed by atoms with Crippen molar-refractivity contribution in [1.29, 1.82) is 0 Å². The lowest BCUT2D eigenvalue weighted by Gasteiger charge is -2.16. The maximum absolute atomic E-state index is 14.3. The summed E-state index contributed by atoms with van der Waals surface area (Å²) >= 11 is 6.34. The molecule has 12 heteroatoms. The Hall–Kier alpha value is -3.86. The normalized spacial score (nSPS) is 11.2. The Labute approximate surface area is 189 Å². The van der Waals surface area contributed by atoms with Crippen LogP contribution in [-0.4, -0.2) is 25.2 Å². The van der Waals surface area contributed by atoms with Crippen molar-refractivity contribution in [2.75, 3.05) is 5.32 Å². The van der Waals surface area contributed by atoms with Gasteiger partial charge in [-0.2, -0.15) is 10.1 Å². The predicted molar refractivity (Wildman–Crippen MR) is 116 cm³/mol. The third-order valence-electron chi connectivity index (χ3n) is 4.81. The quantitative estimate of drug-likeness (QED) is 0.416. The second kappa shape index (κ2) is 8.58. The molecule has 8 nitrogen and oxygen atoms in total. The summed E-state index contributed by atoms with van der Waals surface area (Å²) in [7, 11) is 1.74. The van der Waals surface area contributed by atoms with E-state index in [-0.39, 0.29) is 28.6 Å². The monoisotopic (exact) mass is 476 g/mol. The van der Waals surface area contributed by atoms with E-state index in [1.54, 1.807) is 30.1 Å². The summed E-state index contributed by atoms with van der Waals surface area (Å²) in [6.07, 6.45) is 2.60. The largest absolute Gasteiger partial charge is 0.369 e.